The summed E-state index contributed by atoms with van der Waals surface area (Å²) in [5.41, 5.74) is 3.62. The summed E-state index contributed by atoms with van der Waals surface area (Å²) in [5.74, 6) is 0.145. The number of ether oxygens (including phenoxy) is 1. The molecule has 0 bridgehead atoms. The highest BCUT2D eigenvalue weighted by Crippen LogP contribution is 2.21. The molecule has 0 aliphatic rings. The van der Waals surface area contributed by atoms with E-state index in [4.69, 9.17) is 4.74 Å². The Labute approximate surface area is 199 Å². The van der Waals surface area contributed by atoms with Crippen molar-refractivity contribution in [3.8, 4) is 5.75 Å². The van der Waals surface area contributed by atoms with Crippen molar-refractivity contribution >= 4 is 32.4 Å². The molecular formula is C27H26N2O4S. The quantitative estimate of drug-likeness (QED) is 0.378. The van der Waals surface area contributed by atoms with E-state index in [-0.39, 0.29) is 17.4 Å². The monoisotopic (exact) mass is 474 g/mol. The molecule has 0 spiro atoms. The Kier molecular flexibility index (Phi) is 6.84. The maximum absolute atomic E-state index is 12.7. The fraction of sp³-hybridized carbons (Fsp3) is 0.148. The highest BCUT2D eigenvalue weighted by molar-refractivity contribution is 7.92. The summed E-state index contributed by atoms with van der Waals surface area (Å²) >= 11 is 0. The Bertz CT molecular complexity index is 1430. The van der Waals surface area contributed by atoms with Crippen LogP contribution in [0.1, 0.15) is 16.7 Å². The molecule has 4 aromatic rings. The van der Waals surface area contributed by atoms with Gasteiger partial charge >= 0.3 is 0 Å². The molecule has 0 aliphatic carbocycles. The third-order valence-electron chi connectivity index (χ3n) is 5.62. The molecule has 0 unspecified atom stereocenters. The number of fused-ring (bicyclic) bond motifs is 1. The number of hydrogen-bond acceptors (Lipinski definition) is 4. The molecule has 0 heterocycles. The van der Waals surface area contributed by atoms with Gasteiger partial charge in [0.25, 0.3) is 15.9 Å². The van der Waals surface area contributed by atoms with Gasteiger partial charge in [-0.1, -0.05) is 48.5 Å². The van der Waals surface area contributed by atoms with Gasteiger partial charge in [0.1, 0.15) is 5.75 Å². The van der Waals surface area contributed by atoms with E-state index in [9.17, 15) is 13.2 Å². The molecule has 0 saturated carbocycles. The van der Waals surface area contributed by atoms with Gasteiger partial charge in [0.15, 0.2) is 6.61 Å². The zero-order chi connectivity index (χ0) is 24.1. The minimum Gasteiger partial charge on any atom is -0.484 e. The lowest BCUT2D eigenvalue weighted by Gasteiger charge is -2.11. The number of carbonyl (C=O) groups excluding carboxylic acids is 1. The Morgan fingerprint density at radius 2 is 1.59 bits per heavy atom. The average molecular weight is 475 g/mol. The smallest absolute Gasteiger partial charge is 0.261 e. The molecular weight excluding hydrogens is 448 g/mol. The Morgan fingerprint density at radius 3 is 2.35 bits per heavy atom. The molecule has 4 aromatic carbocycles. The molecule has 34 heavy (non-hydrogen) atoms. The predicted molar refractivity (Wildman–Crippen MR) is 134 cm³/mol. The molecule has 1 amide bonds. The fourth-order valence-corrected chi connectivity index (χ4v) is 4.62. The second kappa shape index (κ2) is 9.97. The van der Waals surface area contributed by atoms with E-state index in [0.717, 1.165) is 27.5 Å². The van der Waals surface area contributed by atoms with Gasteiger partial charge in [0, 0.05) is 12.2 Å². The number of benzene rings is 4. The number of anilines is 1. The molecule has 2 N–H and O–H groups in total. The lowest BCUT2D eigenvalue weighted by atomic mass is 10.0. The van der Waals surface area contributed by atoms with Crippen LogP contribution in [0.3, 0.4) is 0 Å². The summed E-state index contributed by atoms with van der Waals surface area (Å²) in [6.07, 6.45) is 0. The molecule has 0 radical (unpaired) electrons. The average Bonchev–Trinajstić information content (AvgIpc) is 2.84. The summed E-state index contributed by atoms with van der Waals surface area (Å²) in [6.45, 7) is 4.12. The van der Waals surface area contributed by atoms with Crippen LogP contribution in [-0.2, 0) is 21.4 Å². The number of aryl methyl sites for hydroxylation is 2. The van der Waals surface area contributed by atoms with Gasteiger partial charge in [-0.2, -0.15) is 0 Å². The van der Waals surface area contributed by atoms with Crippen LogP contribution in [0.25, 0.3) is 10.8 Å². The first kappa shape index (κ1) is 23.3. The molecule has 0 aliphatic heterocycles. The van der Waals surface area contributed by atoms with E-state index in [1.807, 2.05) is 62.4 Å². The normalized spacial score (nSPS) is 11.2. The highest BCUT2D eigenvalue weighted by Gasteiger charge is 2.15. The SMILES string of the molecule is Cc1ccc(NS(=O)(=O)c2ccc(OCC(=O)NCc3cccc4ccccc34)cc2)cc1C. The van der Waals surface area contributed by atoms with Crippen LogP contribution in [-0.4, -0.2) is 20.9 Å². The van der Waals surface area contributed by atoms with E-state index in [1.54, 1.807) is 12.1 Å². The lowest BCUT2D eigenvalue weighted by Crippen LogP contribution is -2.28. The third kappa shape index (κ3) is 5.55. The number of rotatable bonds is 8. The minimum atomic E-state index is -3.73. The maximum Gasteiger partial charge on any atom is 0.261 e. The number of hydrogen-bond donors (Lipinski definition) is 2. The highest BCUT2D eigenvalue weighted by atomic mass is 32.2. The van der Waals surface area contributed by atoms with Gasteiger partial charge in [-0.3, -0.25) is 9.52 Å². The van der Waals surface area contributed by atoms with E-state index < -0.39 is 10.0 Å². The van der Waals surface area contributed by atoms with E-state index in [2.05, 4.69) is 10.0 Å². The minimum absolute atomic E-state index is 0.110. The summed E-state index contributed by atoms with van der Waals surface area (Å²) in [4.78, 5) is 12.4. The topological polar surface area (TPSA) is 84.5 Å². The van der Waals surface area contributed by atoms with Crippen LogP contribution in [0, 0.1) is 13.8 Å². The molecule has 0 atom stereocenters. The lowest BCUT2D eigenvalue weighted by molar-refractivity contribution is -0.123. The second-order valence-corrected chi connectivity index (χ2v) is 9.76. The zero-order valence-corrected chi connectivity index (χ0v) is 19.9. The molecule has 0 aromatic heterocycles. The molecule has 174 valence electrons. The maximum atomic E-state index is 12.7. The Balaban J connectivity index is 1.32. The van der Waals surface area contributed by atoms with Gasteiger partial charge in [-0.05, 0) is 77.7 Å². The fourth-order valence-electron chi connectivity index (χ4n) is 3.57. The van der Waals surface area contributed by atoms with Crippen molar-refractivity contribution in [3.05, 3.63) is 102 Å². The van der Waals surface area contributed by atoms with Crippen molar-refractivity contribution in [2.24, 2.45) is 0 Å². The van der Waals surface area contributed by atoms with Crippen LogP contribution < -0.4 is 14.8 Å². The van der Waals surface area contributed by atoms with Gasteiger partial charge in [-0.25, -0.2) is 8.42 Å². The summed E-state index contributed by atoms with van der Waals surface area (Å²) in [5, 5.41) is 5.08. The number of amides is 1. The molecule has 4 rings (SSSR count). The van der Waals surface area contributed by atoms with Gasteiger partial charge in [0.05, 0.1) is 4.90 Å². The summed E-state index contributed by atoms with van der Waals surface area (Å²) in [7, 11) is -3.73. The first-order chi connectivity index (χ1) is 16.3. The van der Waals surface area contributed by atoms with Crippen LogP contribution in [0.2, 0.25) is 0 Å². The molecule has 0 fully saturated rings. The first-order valence-corrected chi connectivity index (χ1v) is 12.4. The van der Waals surface area contributed by atoms with Gasteiger partial charge < -0.3 is 10.1 Å². The van der Waals surface area contributed by atoms with Crippen molar-refractivity contribution in [1.29, 1.82) is 0 Å². The predicted octanol–water partition coefficient (Wildman–Crippen LogP) is 4.95. The van der Waals surface area contributed by atoms with Crippen LogP contribution in [0.5, 0.6) is 5.75 Å². The van der Waals surface area contributed by atoms with Crippen molar-refractivity contribution in [2.75, 3.05) is 11.3 Å². The number of carbonyl (C=O) groups is 1. The zero-order valence-electron chi connectivity index (χ0n) is 19.0. The van der Waals surface area contributed by atoms with E-state index in [1.165, 1.54) is 24.3 Å². The molecule has 7 heteroatoms. The second-order valence-electron chi connectivity index (χ2n) is 8.08. The molecule has 6 nitrogen and oxygen atoms in total. The molecule has 0 saturated heterocycles. The van der Waals surface area contributed by atoms with Gasteiger partial charge in [0.2, 0.25) is 0 Å². The van der Waals surface area contributed by atoms with Crippen LogP contribution in [0.15, 0.2) is 89.8 Å². The Hall–Kier alpha value is -3.84. The largest absolute Gasteiger partial charge is 0.484 e. The van der Waals surface area contributed by atoms with Crippen molar-refractivity contribution in [1.82, 2.24) is 5.32 Å². The number of sulfonamides is 1. The Morgan fingerprint density at radius 1 is 0.853 bits per heavy atom. The summed E-state index contributed by atoms with van der Waals surface area (Å²) < 4.78 is 33.5. The van der Waals surface area contributed by atoms with E-state index in [0.29, 0.717) is 18.0 Å². The van der Waals surface area contributed by atoms with Crippen molar-refractivity contribution in [3.63, 3.8) is 0 Å². The number of nitrogens with one attached hydrogen (secondary N) is 2. The first-order valence-electron chi connectivity index (χ1n) is 10.9. The third-order valence-corrected chi connectivity index (χ3v) is 7.02. The van der Waals surface area contributed by atoms with Crippen molar-refractivity contribution in [2.45, 2.75) is 25.3 Å². The van der Waals surface area contributed by atoms with Crippen LogP contribution >= 0.6 is 0 Å². The van der Waals surface area contributed by atoms with Crippen molar-refractivity contribution < 1.29 is 17.9 Å². The van der Waals surface area contributed by atoms with Crippen LogP contribution in [0.4, 0.5) is 5.69 Å². The summed E-state index contributed by atoms with van der Waals surface area (Å²) in [6, 6.07) is 25.4. The standard InChI is InChI=1S/C27H26N2O4S/c1-19-10-11-23(16-20(19)2)29-34(31,32)25-14-12-24(13-15-25)33-18-27(30)28-17-22-8-5-7-21-6-3-4-9-26(21)22/h3-16,29H,17-18H2,1-2H3,(H,28,30). The van der Waals surface area contributed by atoms with E-state index >= 15 is 0 Å². The van der Waals surface area contributed by atoms with Gasteiger partial charge in [-0.15, -0.1) is 0 Å².